The van der Waals surface area contributed by atoms with Gasteiger partial charge in [0.15, 0.2) is 17.4 Å². The Labute approximate surface area is 229 Å². The number of nitrogens with two attached hydrogens (primary N) is 1. The van der Waals surface area contributed by atoms with Gasteiger partial charge in [-0.15, -0.1) is 0 Å². The van der Waals surface area contributed by atoms with Crippen LogP contribution in [0.15, 0.2) is 91.4 Å². The number of benzene rings is 3. The minimum absolute atomic E-state index is 0.0711. The van der Waals surface area contributed by atoms with Gasteiger partial charge >= 0.3 is 0 Å². The number of nitrogens with one attached hydrogen (secondary N) is 1. The van der Waals surface area contributed by atoms with Gasteiger partial charge in [0.25, 0.3) is 0 Å². The summed E-state index contributed by atoms with van der Waals surface area (Å²) >= 11 is 0. The van der Waals surface area contributed by atoms with Crippen LogP contribution >= 0.6 is 0 Å². The third-order valence-corrected chi connectivity index (χ3v) is 6.75. The van der Waals surface area contributed by atoms with Crippen molar-refractivity contribution in [3.05, 3.63) is 125 Å². The van der Waals surface area contributed by atoms with Gasteiger partial charge in [-0.2, -0.15) is 5.10 Å². The maximum absolute atomic E-state index is 13.9. The zero-order valence-corrected chi connectivity index (χ0v) is 21.6. The molecule has 3 aromatic carbocycles. The van der Waals surface area contributed by atoms with Crippen molar-refractivity contribution in [2.24, 2.45) is 5.92 Å². The molecule has 0 aliphatic heterocycles. The maximum Gasteiger partial charge on any atom is 0.224 e. The van der Waals surface area contributed by atoms with Crippen molar-refractivity contribution in [3.63, 3.8) is 0 Å². The molecule has 0 spiro atoms. The van der Waals surface area contributed by atoms with Crippen LogP contribution in [0.1, 0.15) is 33.5 Å². The number of pyridine rings is 1. The number of hydrogen-bond acceptors (Lipinski definition) is 5. The molecule has 2 heterocycles. The summed E-state index contributed by atoms with van der Waals surface area (Å²) in [6.45, 7) is 0.721. The van der Waals surface area contributed by atoms with E-state index in [2.05, 4.69) is 15.4 Å². The molecule has 0 saturated carbocycles. The first-order chi connectivity index (χ1) is 19.4. The van der Waals surface area contributed by atoms with E-state index in [4.69, 9.17) is 5.73 Å². The van der Waals surface area contributed by atoms with Gasteiger partial charge in [0.05, 0.1) is 6.54 Å². The average molecular weight is 540 g/mol. The van der Waals surface area contributed by atoms with E-state index in [9.17, 15) is 18.4 Å². The van der Waals surface area contributed by atoms with Crippen LogP contribution in [0.3, 0.4) is 0 Å². The fourth-order valence-corrected chi connectivity index (χ4v) is 4.67. The first-order valence-corrected chi connectivity index (χ1v) is 12.8. The number of halogens is 2. The minimum Gasteiger partial charge on any atom is -0.383 e. The maximum atomic E-state index is 13.9. The molecule has 0 saturated heterocycles. The molecule has 0 radical (unpaired) electrons. The number of carbonyl (C=O) groups is 2. The number of aromatic nitrogens is 3. The largest absolute Gasteiger partial charge is 0.383 e. The van der Waals surface area contributed by atoms with E-state index in [1.807, 2.05) is 42.6 Å². The first-order valence-electron chi connectivity index (χ1n) is 12.8. The molecule has 9 heteroatoms. The lowest BCUT2D eigenvalue weighted by Crippen LogP contribution is -2.33. The third kappa shape index (κ3) is 6.37. The molecule has 7 nitrogen and oxygen atoms in total. The lowest BCUT2D eigenvalue weighted by molar-refractivity contribution is -0.125. The number of Topliss-reactive ketones (excluding diaryl/α,β-unsaturated/α-hetero) is 1. The number of nitrogen functional groups attached to an aromatic ring is 1. The Morgan fingerprint density at radius 3 is 2.55 bits per heavy atom. The molecule has 1 amide bonds. The molecule has 40 heavy (non-hydrogen) atoms. The Kier molecular flexibility index (Phi) is 7.91. The van der Waals surface area contributed by atoms with E-state index in [0.717, 1.165) is 34.0 Å². The van der Waals surface area contributed by atoms with Crippen molar-refractivity contribution in [2.45, 2.75) is 25.9 Å². The lowest BCUT2D eigenvalue weighted by Gasteiger charge is -2.17. The van der Waals surface area contributed by atoms with Gasteiger partial charge in [-0.05, 0) is 64.9 Å². The summed E-state index contributed by atoms with van der Waals surface area (Å²) in [6, 6.07) is 20.0. The highest BCUT2D eigenvalue weighted by molar-refractivity contribution is 5.99. The minimum atomic E-state index is -1.00. The van der Waals surface area contributed by atoms with Gasteiger partial charge in [0, 0.05) is 48.4 Å². The summed E-state index contributed by atoms with van der Waals surface area (Å²) in [4.78, 5) is 30.8. The van der Waals surface area contributed by atoms with Crippen molar-refractivity contribution < 1.29 is 18.4 Å². The second kappa shape index (κ2) is 11.9. The van der Waals surface area contributed by atoms with E-state index in [1.165, 1.54) is 6.07 Å². The zero-order valence-electron chi connectivity index (χ0n) is 21.6. The molecule has 0 bridgehead atoms. The summed E-state index contributed by atoms with van der Waals surface area (Å²) in [6.07, 6.45) is 5.10. The number of nitrogens with zero attached hydrogens (tertiary/aromatic N) is 3. The molecule has 2 aromatic heterocycles. The van der Waals surface area contributed by atoms with Crippen molar-refractivity contribution >= 4 is 28.3 Å². The Morgan fingerprint density at radius 1 is 0.900 bits per heavy atom. The Hall–Kier alpha value is -4.92. The molecular weight excluding hydrogens is 512 g/mol. The Morgan fingerprint density at radius 2 is 1.75 bits per heavy atom. The van der Waals surface area contributed by atoms with E-state index in [1.54, 1.807) is 35.3 Å². The highest BCUT2D eigenvalue weighted by atomic mass is 19.2. The molecule has 0 unspecified atom stereocenters. The number of anilines is 1. The second-order valence-corrected chi connectivity index (χ2v) is 9.65. The van der Waals surface area contributed by atoms with Crippen LogP contribution in [0.5, 0.6) is 0 Å². The van der Waals surface area contributed by atoms with Crippen molar-refractivity contribution in [1.82, 2.24) is 20.1 Å². The molecule has 202 valence electrons. The van der Waals surface area contributed by atoms with E-state index >= 15 is 0 Å². The number of hydrogen-bond donors (Lipinski definition) is 2. The molecule has 0 aliphatic carbocycles. The van der Waals surface area contributed by atoms with Crippen LogP contribution in [-0.4, -0.2) is 26.5 Å². The zero-order chi connectivity index (χ0) is 28.1. The van der Waals surface area contributed by atoms with Crippen molar-refractivity contribution in [2.75, 3.05) is 5.73 Å². The second-order valence-electron chi connectivity index (χ2n) is 9.65. The summed E-state index contributed by atoms with van der Waals surface area (Å²) in [5.74, 6) is -2.93. The van der Waals surface area contributed by atoms with Crippen LogP contribution in [0, 0.1) is 17.6 Å². The van der Waals surface area contributed by atoms with E-state index in [-0.39, 0.29) is 31.1 Å². The summed E-state index contributed by atoms with van der Waals surface area (Å²) in [5.41, 5.74) is 8.56. The number of amides is 1. The van der Waals surface area contributed by atoms with Crippen LogP contribution in [0.25, 0.3) is 10.8 Å². The van der Waals surface area contributed by atoms with Crippen molar-refractivity contribution in [3.8, 4) is 0 Å². The number of carbonyl (C=O) groups excluding carboxylic acids is 2. The fraction of sp³-hybridized carbons (Fsp3) is 0.161. The standard InChI is InChI=1S/C31H27F2N5O2/c32-27-8-6-20(16-28(27)33)13-25(17-29(39)24-4-1-3-22(15-24)19-38-12-2-10-37-38)31(40)36-18-21-5-7-26-23(14-21)9-11-35-30(26)34/h1-12,14-16,25H,13,17-19H2,(H2,34,35)(H,36,40)/t25-/m1/s1. The topological polar surface area (TPSA) is 103 Å². The van der Waals surface area contributed by atoms with Gasteiger partial charge in [-0.1, -0.05) is 36.4 Å². The predicted molar refractivity (Wildman–Crippen MR) is 148 cm³/mol. The lowest BCUT2D eigenvalue weighted by atomic mass is 9.90. The first kappa shape index (κ1) is 26.7. The molecule has 0 aliphatic rings. The number of ketones is 1. The third-order valence-electron chi connectivity index (χ3n) is 6.75. The van der Waals surface area contributed by atoms with Crippen LogP contribution < -0.4 is 11.1 Å². The van der Waals surface area contributed by atoms with E-state index in [0.29, 0.717) is 23.5 Å². The SMILES string of the molecule is Nc1nccc2cc(CNC(=O)[C@@H](CC(=O)c3cccc(Cn4cccn4)c3)Cc3ccc(F)c(F)c3)ccc12. The Bertz CT molecular complexity index is 1670. The van der Waals surface area contributed by atoms with Gasteiger partial charge < -0.3 is 11.1 Å². The monoisotopic (exact) mass is 539 g/mol. The highest BCUT2D eigenvalue weighted by Gasteiger charge is 2.24. The smallest absolute Gasteiger partial charge is 0.224 e. The molecule has 0 fully saturated rings. The van der Waals surface area contributed by atoms with Crippen LogP contribution in [-0.2, 0) is 24.3 Å². The molecule has 5 rings (SSSR count). The van der Waals surface area contributed by atoms with Gasteiger partial charge in [0.1, 0.15) is 5.82 Å². The van der Waals surface area contributed by atoms with Crippen LogP contribution in [0.2, 0.25) is 0 Å². The summed E-state index contributed by atoms with van der Waals surface area (Å²) in [5, 5.41) is 8.81. The molecule has 3 N–H and O–H groups in total. The van der Waals surface area contributed by atoms with Gasteiger partial charge in [0.2, 0.25) is 5.91 Å². The van der Waals surface area contributed by atoms with Crippen LogP contribution in [0.4, 0.5) is 14.6 Å². The Balaban J connectivity index is 1.33. The summed E-state index contributed by atoms with van der Waals surface area (Å²) in [7, 11) is 0. The van der Waals surface area contributed by atoms with E-state index < -0.39 is 17.6 Å². The quantitative estimate of drug-likeness (QED) is 0.241. The van der Waals surface area contributed by atoms with Gasteiger partial charge in [-0.3, -0.25) is 14.3 Å². The molecule has 5 aromatic rings. The number of rotatable bonds is 10. The number of fused-ring (bicyclic) bond motifs is 1. The van der Waals surface area contributed by atoms with Gasteiger partial charge in [-0.25, -0.2) is 13.8 Å². The normalized spacial score (nSPS) is 11.8. The average Bonchev–Trinajstić information content (AvgIpc) is 3.46. The predicted octanol–water partition coefficient (Wildman–Crippen LogP) is 5.09. The molecular formula is C31H27F2N5O2. The summed E-state index contributed by atoms with van der Waals surface area (Å²) < 4.78 is 29.2. The molecule has 1 atom stereocenters. The highest BCUT2D eigenvalue weighted by Crippen LogP contribution is 2.22. The van der Waals surface area contributed by atoms with Crippen molar-refractivity contribution in [1.29, 1.82) is 0 Å². The fourth-order valence-electron chi connectivity index (χ4n) is 4.67.